The van der Waals surface area contributed by atoms with E-state index in [1.807, 2.05) is 18.5 Å². The third-order valence-electron chi connectivity index (χ3n) is 2.82. The van der Waals surface area contributed by atoms with E-state index in [9.17, 15) is 4.79 Å². The second kappa shape index (κ2) is 6.17. The molecule has 0 amide bonds. The van der Waals surface area contributed by atoms with Gasteiger partial charge in [-0.1, -0.05) is 24.6 Å². The van der Waals surface area contributed by atoms with Crippen LogP contribution in [0.5, 0.6) is 0 Å². The molecule has 7 heteroatoms. The highest BCUT2D eigenvalue weighted by Gasteiger charge is 2.22. The Morgan fingerprint density at radius 2 is 2.22 bits per heavy atom. The van der Waals surface area contributed by atoms with Crippen molar-refractivity contribution in [3.8, 4) is 0 Å². The molecule has 18 heavy (non-hydrogen) atoms. The molecule has 0 aromatic carbocycles. The molecule has 0 aliphatic heterocycles. The number of nitrogens with zero attached hydrogens (tertiary/aromatic N) is 4. The van der Waals surface area contributed by atoms with Gasteiger partial charge in [-0.2, -0.15) is 0 Å². The molecule has 0 N–H and O–H groups in total. The first-order valence-corrected chi connectivity index (χ1v) is 7.25. The van der Waals surface area contributed by atoms with Gasteiger partial charge in [0.05, 0.1) is 17.9 Å². The second-order valence-electron chi connectivity index (χ2n) is 4.67. The number of esters is 1. The second-order valence-corrected chi connectivity index (χ2v) is 5.61. The van der Waals surface area contributed by atoms with Gasteiger partial charge in [-0.05, 0) is 37.1 Å². The van der Waals surface area contributed by atoms with Gasteiger partial charge < -0.3 is 4.74 Å². The van der Waals surface area contributed by atoms with Crippen molar-refractivity contribution in [1.29, 1.82) is 0 Å². The molecule has 1 saturated carbocycles. The number of hydrogen-bond donors (Lipinski definition) is 0. The van der Waals surface area contributed by atoms with E-state index in [0.29, 0.717) is 11.2 Å². The fourth-order valence-electron chi connectivity index (χ4n) is 2.08. The average Bonchev–Trinajstić information content (AvgIpc) is 2.96. The van der Waals surface area contributed by atoms with Crippen LogP contribution in [0, 0.1) is 0 Å². The Kier molecular flexibility index (Phi) is 4.57. The first kappa shape index (κ1) is 13.3. The Morgan fingerprint density at radius 3 is 2.89 bits per heavy atom. The minimum atomic E-state index is -0.226. The SMILES string of the molecule is CC(C)OC(=O)CSc1nnnn1C1CCCC1. The molecule has 0 saturated heterocycles. The third-order valence-corrected chi connectivity index (χ3v) is 3.73. The molecule has 1 fully saturated rings. The number of carbonyl (C=O) groups is 1. The van der Waals surface area contributed by atoms with Crippen molar-refractivity contribution < 1.29 is 9.53 Å². The standard InChI is InChI=1S/C11H18N4O2S/c1-8(2)17-10(16)7-18-11-12-13-14-15(11)9-5-3-4-6-9/h8-9H,3-7H2,1-2H3. The minimum absolute atomic E-state index is 0.0797. The van der Waals surface area contributed by atoms with Crippen LogP contribution in [0.3, 0.4) is 0 Å². The Labute approximate surface area is 110 Å². The quantitative estimate of drug-likeness (QED) is 0.600. The molecule has 0 radical (unpaired) electrons. The van der Waals surface area contributed by atoms with Gasteiger partial charge in [0.2, 0.25) is 5.16 Å². The van der Waals surface area contributed by atoms with Crippen molar-refractivity contribution in [2.45, 2.75) is 56.8 Å². The Bertz CT molecular complexity index is 402. The molecule has 100 valence electrons. The van der Waals surface area contributed by atoms with Gasteiger partial charge in [0.25, 0.3) is 0 Å². The lowest BCUT2D eigenvalue weighted by Crippen LogP contribution is -2.14. The number of rotatable bonds is 5. The van der Waals surface area contributed by atoms with Crippen LogP contribution in [-0.2, 0) is 9.53 Å². The van der Waals surface area contributed by atoms with E-state index in [1.165, 1.54) is 24.6 Å². The van der Waals surface area contributed by atoms with Crippen LogP contribution < -0.4 is 0 Å². The fraction of sp³-hybridized carbons (Fsp3) is 0.818. The summed E-state index contributed by atoms with van der Waals surface area (Å²) in [7, 11) is 0. The number of hydrogen-bond acceptors (Lipinski definition) is 6. The molecule has 1 aromatic rings. The normalized spacial score (nSPS) is 16.4. The third kappa shape index (κ3) is 3.44. The lowest BCUT2D eigenvalue weighted by Gasteiger charge is -2.11. The predicted molar refractivity (Wildman–Crippen MR) is 67.3 cm³/mol. The first-order valence-electron chi connectivity index (χ1n) is 6.27. The summed E-state index contributed by atoms with van der Waals surface area (Å²) in [6.07, 6.45) is 4.61. The zero-order valence-corrected chi connectivity index (χ0v) is 11.5. The number of thioether (sulfide) groups is 1. The molecular weight excluding hydrogens is 252 g/mol. The number of tetrazole rings is 1. The highest BCUT2D eigenvalue weighted by Crippen LogP contribution is 2.31. The van der Waals surface area contributed by atoms with Gasteiger partial charge in [0.1, 0.15) is 0 Å². The van der Waals surface area contributed by atoms with Crippen LogP contribution in [0.1, 0.15) is 45.6 Å². The molecule has 0 unspecified atom stereocenters. The molecule has 1 aromatic heterocycles. The smallest absolute Gasteiger partial charge is 0.316 e. The largest absolute Gasteiger partial charge is 0.462 e. The molecule has 6 nitrogen and oxygen atoms in total. The van der Waals surface area contributed by atoms with Gasteiger partial charge in [-0.25, -0.2) is 4.68 Å². The van der Waals surface area contributed by atoms with E-state index in [2.05, 4.69) is 15.5 Å². The lowest BCUT2D eigenvalue weighted by molar-refractivity contribution is -0.144. The highest BCUT2D eigenvalue weighted by molar-refractivity contribution is 7.99. The van der Waals surface area contributed by atoms with Crippen molar-refractivity contribution in [3.05, 3.63) is 0 Å². The summed E-state index contributed by atoms with van der Waals surface area (Å²) in [4.78, 5) is 11.5. The summed E-state index contributed by atoms with van der Waals surface area (Å²) in [5.74, 6) is 0.0293. The summed E-state index contributed by atoms with van der Waals surface area (Å²) < 4.78 is 6.92. The molecular formula is C11H18N4O2S. The van der Waals surface area contributed by atoms with Crippen molar-refractivity contribution in [2.75, 3.05) is 5.75 Å². The van der Waals surface area contributed by atoms with E-state index in [1.54, 1.807) is 0 Å². The molecule has 2 rings (SSSR count). The van der Waals surface area contributed by atoms with Gasteiger partial charge >= 0.3 is 5.97 Å². The van der Waals surface area contributed by atoms with Gasteiger partial charge in [0.15, 0.2) is 0 Å². The fourth-order valence-corrected chi connectivity index (χ4v) is 2.81. The molecule has 1 aliphatic carbocycles. The number of aromatic nitrogens is 4. The van der Waals surface area contributed by atoms with Gasteiger partial charge in [-0.3, -0.25) is 4.79 Å². The van der Waals surface area contributed by atoms with Crippen molar-refractivity contribution in [2.24, 2.45) is 0 Å². The van der Waals surface area contributed by atoms with E-state index in [-0.39, 0.29) is 17.8 Å². The molecule has 0 bridgehead atoms. The van der Waals surface area contributed by atoms with E-state index in [4.69, 9.17) is 4.74 Å². The monoisotopic (exact) mass is 270 g/mol. The summed E-state index contributed by atoms with van der Waals surface area (Å²) >= 11 is 1.34. The Balaban J connectivity index is 1.89. The first-order chi connectivity index (χ1) is 8.66. The van der Waals surface area contributed by atoms with Gasteiger partial charge in [-0.15, -0.1) is 5.10 Å². The molecule has 1 heterocycles. The highest BCUT2D eigenvalue weighted by atomic mass is 32.2. The lowest BCUT2D eigenvalue weighted by atomic mass is 10.3. The maximum Gasteiger partial charge on any atom is 0.316 e. The summed E-state index contributed by atoms with van der Waals surface area (Å²) in [6.45, 7) is 3.68. The van der Waals surface area contributed by atoms with Crippen molar-refractivity contribution >= 4 is 17.7 Å². The van der Waals surface area contributed by atoms with E-state index >= 15 is 0 Å². The predicted octanol–water partition coefficient (Wildman–Crippen LogP) is 1.83. The number of ether oxygens (including phenoxy) is 1. The minimum Gasteiger partial charge on any atom is -0.462 e. The summed E-state index contributed by atoms with van der Waals surface area (Å²) in [5, 5.41) is 12.4. The maximum atomic E-state index is 11.5. The maximum absolute atomic E-state index is 11.5. The van der Waals surface area contributed by atoms with Crippen LogP contribution in [-0.4, -0.2) is 38.0 Å². The van der Waals surface area contributed by atoms with Crippen LogP contribution in [0.15, 0.2) is 5.16 Å². The van der Waals surface area contributed by atoms with Gasteiger partial charge in [0, 0.05) is 0 Å². The average molecular weight is 270 g/mol. The molecule has 0 spiro atoms. The summed E-state index contributed by atoms with van der Waals surface area (Å²) in [5.41, 5.74) is 0. The topological polar surface area (TPSA) is 69.9 Å². The molecule has 1 aliphatic rings. The Morgan fingerprint density at radius 1 is 1.50 bits per heavy atom. The van der Waals surface area contributed by atoms with Crippen LogP contribution >= 0.6 is 11.8 Å². The molecule has 0 atom stereocenters. The van der Waals surface area contributed by atoms with Crippen LogP contribution in [0.2, 0.25) is 0 Å². The summed E-state index contributed by atoms with van der Waals surface area (Å²) in [6, 6.07) is 0.392. The van der Waals surface area contributed by atoms with Crippen LogP contribution in [0.4, 0.5) is 0 Å². The Hall–Kier alpha value is -1.11. The zero-order chi connectivity index (χ0) is 13.0. The van der Waals surface area contributed by atoms with E-state index < -0.39 is 0 Å². The van der Waals surface area contributed by atoms with E-state index in [0.717, 1.165) is 12.8 Å². The van der Waals surface area contributed by atoms with Crippen molar-refractivity contribution in [3.63, 3.8) is 0 Å². The van der Waals surface area contributed by atoms with Crippen LogP contribution in [0.25, 0.3) is 0 Å². The zero-order valence-electron chi connectivity index (χ0n) is 10.7. The van der Waals surface area contributed by atoms with Crippen molar-refractivity contribution in [1.82, 2.24) is 20.2 Å². The number of carbonyl (C=O) groups excluding carboxylic acids is 1.